The third-order valence-corrected chi connectivity index (χ3v) is 2.88. The number of benzene rings is 2. The summed E-state index contributed by atoms with van der Waals surface area (Å²) in [5, 5.41) is 0. The fraction of sp³-hybridized carbons (Fsp3) is 0.200. The molecule has 90 valence electrons. The van der Waals surface area contributed by atoms with Crippen molar-refractivity contribution in [2.24, 2.45) is 0 Å². The first kappa shape index (κ1) is 13.4. The summed E-state index contributed by atoms with van der Waals surface area (Å²) in [5.41, 5.74) is 2.71. The summed E-state index contributed by atoms with van der Waals surface area (Å²) < 4.78 is 0.880. The van der Waals surface area contributed by atoms with E-state index in [1.165, 1.54) is 11.3 Å². The first-order chi connectivity index (χ1) is 7.68. The highest BCUT2D eigenvalue weighted by Crippen LogP contribution is 2.21. The predicted octanol–water partition coefficient (Wildman–Crippen LogP) is 3.28. The molecular formula is C15H19NO. The molecule has 0 fully saturated rings. The molecule has 2 aromatic rings. The minimum absolute atomic E-state index is 0. The van der Waals surface area contributed by atoms with Gasteiger partial charge in [-0.1, -0.05) is 48.5 Å². The second-order valence-corrected chi connectivity index (χ2v) is 4.66. The minimum atomic E-state index is 0. The highest BCUT2D eigenvalue weighted by Gasteiger charge is 2.18. The van der Waals surface area contributed by atoms with E-state index in [0.717, 1.165) is 11.0 Å². The van der Waals surface area contributed by atoms with Gasteiger partial charge in [0.05, 0.1) is 14.1 Å². The van der Waals surface area contributed by atoms with Crippen molar-refractivity contribution in [2.75, 3.05) is 14.1 Å². The fourth-order valence-electron chi connectivity index (χ4n) is 1.96. The molecule has 2 aromatic carbocycles. The Hall–Kier alpha value is -1.64. The second kappa shape index (κ2) is 5.62. The summed E-state index contributed by atoms with van der Waals surface area (Å²) >= 11 is 0. The molecule has 1 N–H and O–H groups in total. The number of quaternary nitrogens is 1. The van der Waals surface area contributed by atoms with Crippen LogP contribution in [0.1, 0.15) is 5.56 Å². The highest BCUT2D eigenvalue weighted by molar-refractivity contribution is 5.41. The van der Waals surface area contributed by atoms with E-state index in [-0.39, 0.29) is 5.48 Å². The minimum Gasteiger partial charge on any atom is -0.870 e. The molecule has 0 aliphatic heterocycles. The second-order valence-electron chi connectivity index (χ2n) is 4.66. The van der Waals surface area contributed by atoms with Crippen LogP contribution in [0.5, 0.6) is 0 Å². The van der Waals surface area contributed by atoms with Crippen LogP contribution >= 0.6 is 0 Å². The van der Waals surface area contributed by atoms with Gasteiger partial charge in [-0.15, -0.1) is 0 Å². The zero-order chi connectivity index (χ0) is 11.4. The van der Waals surface area contributed by atoms with Crippen LogP contribution < -0.4 is 4.48 Å². The van der Waals surface area contributed by atoms with Gasteiger partial charge in [0.25, 0.3) is 0 Å². The van der Waals surface area contributed by atoms with E-state index >= 15 is 0 Å². The van der Waals surface area contributed by atoms with Crippen LogP contribution in [0, 0.1) is 0 Å². The molecule has 0 radical (unpaired) electrons. The summed E-state index contributed by atoms with van der Waals surface area (Å²) in [6.07, 6.45) is 0. The molecule has 0 heterocycles. The van der Waals surface area contributed by atoms with Crippen molar-refractivity contribution in [3.05, 3.63) is 66.2 Å². The zero-order valence-corrected chi connectivity index (χ0v) is 10.4. The quantitative estimate of drug-likeness (QED) is 0.743. The van der Waals surface area contributed by atoms with Gasteiger partial charge < -0.3 is 5.48 Å². The highest BCUT2D eigenvalue weighted by atomic mass is 16.0. The van der Waals surface area contributed by atoms with Crippen molar-refractivity contribution in [1.82, 2.24) is 4.48 Å². The average Bonchev–Trinajstić information content (AvgIpc) is 2.31. The van der Waals surface area contributed by atoms with Crippen molar-refractivity contribution < 1.29 is 5.48 Å². The van der Waals surface area contributed by atoms with Gasteiger partial charge in [-0.25, -0.2) is 0 Å². The molecule has 2 nitrogen and oxygen atoms in total. The third kappa shape index (κ3) is 3.41. The monoisotopic (exact) mass is 229 g/mol. The Morgan fingerprint density at radius 2 is 1.24 bits per heavy atom. The van der Waals surface area contributed by atoms with Crippen LogP contribution in [0.15, 0.2) is 60.7 Å². The molecule has 17 heavy (non-hydrogen) atoms. The molecule has 0 aliphatic rings. The molecule has 2 rings (SSSR count). The first-order valence-corrected chi connectivity index (χ1v) is 5.61. The summed E-state index contributed by atoms with van der Waals surface area (Å²) in [6, 6.07) is 21.2. The van der Waals surface area contributed by atoms with E-state index in [2.05, 4.69) is 74.8 Å². The summed E-state index contributed by atoms with van der Waals surface area (Å²) in [4.78, 5) is 0. The molecule has 0 saturated carbocycles. The van der Waals surface area contributed by atoms with Gasteiger partial charge >= 0.3 is 0 Å². The van der Waals surface area contributed by atoms with Crippen LogP contribution in [-0.2, 0) is 6.54 Å². The van der Waals surface area contributed by atoms with E-state index in [1.54, 1.807) is 0 Å². The fourth-order valence-corrected chi connectivity index (χ4v) is 1.96. The number of rotatable bonds is 3. The van der Waals surface area contributed by atoms with E-state index in [9.17, 15) is 0 Å². The van der Waals surface area contributed by atoms with Gasteiger partial charge in [-0.3, -0.25) is 4.48 Å². The lowest BCUT2D eigenvalue weighted by molar-refractivity contribution is 0.392. The van der Waals surface area contributed by atoms with Gasteiger partial charge in [0.15, 0.2) is 0 Å². The topological polar surface area (TPSA) is 30.0 Å². The molecule has 0 bridgehead atoms. The molecule has 0 aliphatic carbocycles. The normalized spacial score (nSPS) is 10.7. The van der Waals surface area contributed by atoms with E-state index in [1.807, 2.05) is 0 Å². The Kier molecular flexibility index (Phi) is 4.44. The maximum absolute atomic E-state index is 2.24. The number of para-hydroxylation sites is 1. The van der Waals surface area contributed by atoms with Crippen molar-refractivity contribution in [2.45, 2.75) is 6.54 Å². The van der Waals surface area contributed by atoms with E-state index in [0.29, 0.717) is 0 Å². The number of nitrogens with zero attached hydrogens (tertiary/aromatic N) is 1. The van der Waals surface area contributed by atoms with Gasteiger partial charge in [0, 0.05) is 5.56 Å². The van der Waals surface area contributed by atoms with Crippen LogP contribution in [-0.4, -0.2) is 19.6 Å². The lowest BCUT2D eigenvalue weighted by Gasteiger charge is -2.29. The Balaban J connectivity index is 0.00000144. The summed E-state index contributed by atoms with van der Waals surface area (Å²) in [6.45, 7) is 1.02. The van der Waals surface area contributed by atoms with E-state index in [4.69, 9.17) is 0 Å². The van der Waals surface area contributed by atoms with Crippen molar-refractivity contribution >= 4 is 5.69 Å². The van der Waals surface area contributed by atoms with Gasteiger partial charge in [-0.05, 0) is 12.1 Å². The predicted molar refractivity (Wildman–Crippen MR) is 72.2 cm³/mol. The average molecular weight is 229 g/mol. The van der Waals surface area contributed by atoms with Crippen LogP contribution in [0.4, 0.5) is 5.69 Å². The molecule has 0 unspecified atom stereocenters. The van der Waals surface area contributed by atoms with Crippen molar-refractivity contribution in [1.29, 1.82) is 0 Å². The van der Waals surface area contributed by atoms with Gasteiger partial charge in [0.1, 0.15) is 12.2 Å². The first-order valence-electron chi connectivity index (χ1n) is 5.61. The summed E-state index contributed by atoms with van der Waals surface area (Å²) in [7, 11) is 4.48. The van der Waals surface area contributed by atoms with Crippen molar-refractivity contribution in [3.63, 3.8) is 0 Å². The summed E-state index contributed by atoms with van der Waals surface area (Å²) in [5.74, 6) is 0. The lowest BCUT2D eigenvalue weighted by Crippen LogP contribution is -2.39. The third-order valence-electron chi connectivity index (χ3n) is 2.88. The Bertz CT molecular complexity index is 437. The number of hydrogen-bond donors (Lipinski definition) is 0. The van der Waals surface area contributed by atoms with Crippen LogP contribution in [0.2, 0.25) is 0 Å². The molecule has 0 saturated heterocycles. The largest absolute Gasteiger partial charge is 0.870 e. The maximum atomic E-state index is 2.24. The Morgan fingerprint density at radius 3 is 1.76 bits per heavy atom. The Labute approximate surface area is 103 Å². The lowest BCUT2D eigenvalue weighted by atomic mass is 10.2. The molecule has 0 atom stereocenters. The van der Waals surface area contributed by atoms with Crippen molar-refractivity contribution in [3.8, 4) is 0 Å². The molecule has 0 aromatic heterocycles. The molecule has 0 spiro atoms. The van der Waals surface area contributed by atoms with Gasteiger partial charge in [-0.2, -0.15) is 0 Å². The molecule has 2 heteroatoms. The zero-order valence-electron chi connectivity index (χ0n) is 10.4. The smallest absolute Gasteiger partial charge is 0.132 e. The SMILES string of the molecule is C[N+](C)(Cc1ccccc1)c1ccccc1.[OH-]. The standard InChI is InChI=1S/C15H18N.H2O/c1-16(2,15-11-7-4-8-12-15)13-14-9-5-3-6-10-14;/h3-12H,13H2,1-2H3;1H2/q+1;/p-1. The Morgan fingerprint density at radius 1 is 0.765 bits per heavy atom. The van der Waals surface area contributed by atoms with E-state index < -0.39 is 0 Å². The number of hydrogen-bond acceptors (Lipinski definition) is 1. The van der Waals surface area contributed by atoms with Crippen LogP contribution in [0.3, 0.4) is 0 Å². The van der Waals surface area contributed by atoms with Crippen LogP contribution in [0.25, 0.3) is 0 Å². The molecule has 0 amide bonds. The molecular weight excluding hydrogens is 210 g/mol. The van der Waals surface area contributed by atoms with Gasteiger partial charge in [0.2, 0.25) is 0 Å². The maximum Gasteiger partial charge on any atom is 0.132 e.